The van der Waals surface area contributed by atoms with Gasteiger partial charge in [-0.25, -0.2) is 0 Å². The predicted molar refractivity (Wildman–Crippen MR) is 53.5 cm³/mol. The monoisotopic (exact) mass is 184 g/mol. The smallest absolute Gasteiger partial charge is 0.227 e. The highest BCUT2D eigenvalue weighted by molar-refractivity contribution is 5.79. The molecule has 0 aromatic rings. The van der Waals surface area contributed by atoms with Crippen LogP contribution >= 0.6 is 0 Å². The van der Waals surface area contributed by atoms with Crippen LogP contribution in [-0.4, -0.2) is 37.5 Å². The molecular weight excluding hydrogens is 164 g/mol. The van der Waals surface area contributed by atoms with E-state index in [-0.39, 0.29) is 5.92 Å². The topological polar surface area (TPSA) is 32.3 Å². The van der Waals surface area contributed by atoms with Crippen LogP contribution in [0.4, 0.5) is 0 Å². The minimum absolute atomic E-state index is 0.256. The van der Waals surface area contributed by atoms with Gasteiger partial charge in [-0.05, 0) is 6.42 Å². The van der Waals surface area contributed by atoms with Crippen molar-refractivity contribution < 1.29 is 4.79 Å². The van der Waals surface area contributed by atoms with Crippen LogP contribution in [0.25, 0.3) is 0 Å². The van der Waals surface area contributed by atoms with E-state index in [4.69, 9.17) is 0 Å². The Balaban J connectivity index is 2.13. The molecule has 0 aliphatic carbocycles. The van der Waals surface area contributed by atoms with E-state index in [1.165, 1.54) is 12.8 Å². The van der Waals surface area contributed by atoms with Gasteiger partial charge in [0.25, 0.3) is 0 Å². The van der Waals surface area contributed by atoms with Gasteiger partial charge in [-0.3, -0.25) is 4.79 Å². The molecule has 0 saturated carbocycles. The van der Waals surface area contributed by atoms with Gasteiger partial charge in [0.15, 0.2) is 0 Å². The van der Waals surface area contributed by atoms with Crippen molar-refractivity contribution in [3.8, 4) is 0 Å². The molecular formula is C10H20N2O. The molecule has 76 valence electrons. The normalized spacial score (nSPS) is 16.8. The van der Waals surface area contributed by atoms with Crippen molar-refractivity contribution in [3.05, 3.63) is 0 Å². The number of carbonyl (C=O) groups is 1. The van der Waals surface area contributed by atoms with Crippen LogP contribution in [0.15, 0.2) is 0 Å². The van der Waals surface area contributed by atoms with E-state index < -0.39 is 0 Å². The lowest BCUT2D eigenvalue weighted by Gasteiger charge is -2.30. The van der Waals surface area contributed by atoms with Crippen molar-refractivity contribution in [2.75, 3.05) is 26.7 Å². The van der Waals surface area contributed by atoms with Gasteiger partial charge < -0.3 is 10.2 Å². The fourth-order valence-electron chi connectivity index (χ4n) is 1.48. The van der Waals surface area contributed by atoms with Crippen molar-refractivity contribution in [2.24, 2.45) is 5.92 Å². The summed E-state index contributed by atoms with van der Waals surface area (Å²) < 4.78 is 0. The molecule has 0 radical (unpaired) electrons. The van der Waals surface area contributed by atoms with E-state index in [1.807, 2.05) is 11.9 Å². The Morgan fingerprint density at radius 3 is 2.62 bits per heavy atom. The van der Waals surface area contributed by atoms with E-state index in [0.717, 1.165) is 26.1 Å². The van der Waals surface area contributed by atoms with Gasteiger partial charge in [0, 0.05) is 26.7 Å². The van der Waals surface area contributed by atoms with Crippen molar-refractivity contribution in [2.45, 2.75) is 26.2 Å². The highest BCUT2D eigenvalue weighted by atomic mass is 16.2. The quantitative estimate of drug-likeness (QED) is 0.643. The Hall–Kier alpha value is -0.570. The third kappa shape index (κ3) is 2.99. The van der Waals surface area contributed by atoms with Gasteiger partial charge in [0.05, 0.1) is 5.92 Å². The minimum atomic E-state index is 0.256. The number of nitrogens with one attached hydrogen (secondary N) is 1. The first kappa shape index (κ1) is 10.5. The van der Waals surface area contributed by atoms with Crippen LogP contribution in [-0.2, 0) is 4.79 Å². The van der Waals surface area contributed by atoms with E-state index in [0.29, 0.717) is 5.91 Å². The molecule has 1 saturated heterocycles. The van der Waals surface area contributed by atoms with Gasteiger partial charge in [-0.15, -0.1) is 0 Å². The maximum atomic E-state index is 11.6. The summed E-state index contributed by atoms with van der Waals surface area (Å²) in [5, 5.41) is 3.12. The molecule has 1 aliphatic heterocycles. The summed E-state index contributed by atoms with van der Waals surface area (Å²) in [6, 6.07) is 0. The Morgan fingerprint density at radius 2 is 2.15 bits per heavy atom. The molecule has 1 N–H and O–H groups in total. The van der Waals surface area contributed by atoms with Crippen LogP contribution in [0, 0.1) is 5.92 Å². The van der Waals surface area contributed by atoms with Crippen molar-refractivity contribution in [1.82, 2.24) is 10.2 Å². The lowest BCUT2D eigenvalue weighted by Crippen LogP contribution is -2.51. The van der Waals surface area contributed by atoms with Crippen molar-refractivity contribution in [3.63, 3.8) is 0 Å². The van der Waals surface area contributed by atoms with Crippen LogP contribution < -0.4 is 5.32 Å². The summed E-state index contributed by atoms with van der Waals surface area (Å²) in [4.78, 5) is 13.5. The molecule has 0 aromatic carbocycles. The predicted octanol–water partition coefficient (Wildman–Crippen LogP) is 0.854. The van der Waals surface area contributed by atoms with Gasteiger partial charge in [-0.2, -0.15) is 0 Å². The van der Waals surface area contributed by atoms with E-state index in [9.17, 15) is 4.79 Å². The molecule has 3 nitrogen and oxygen atoms in total. The molecule has 3 heteroatoms. The number of unbranched alkanes of at least 4 members (excludes halogenated alkanes) is 2. The number of carbonyl (C=O) groups excluding carboxylic acids is 1. The average Bonchev–Trinajstić information content (AvgIpc) is 2.01. The van der Waals surface area contributed by atoms with Gasteiger partial charge in [0.1, 0.15) is 0 Å². The molecule has 1 amide bonds. The highest BCUT2D eigenvalue weighted by Crippen LogP contribution is 2.07. The first-order valence-electron chi connectivity index (χ1n) is 5.21. The summed E-state index contributed by atoms with van der Waals surface area (Å²) in [7, 11) is 1.91. The van der Waals surface area contributed by atoms with Crippen LogP contribution in [0.5, 0.6) is 0 Å². The Labute approximate surface area is 80.5 Å². The van der Waals surface area contributed by atoms with E-state index in [1.54, 1.807) is 0 Å². The molecule has 0 spiro atoms. The Bertz CT molecular complexity index is 166. The lowest BCUT2D eigenvalue weighted by molar-refractivity contribution is -0.135. The number of hydrogen-bond donors (Lipinski definition) is 1. The van der Waals surface area contributed by atoms with Gasteiger partial charge in [0.2, 0.25) is 5.91 Å². The number of hydrogen-bond acceptors (Lipinski definition) is 2. The second-order valence-electron chi connectivity index (χ2n) is 3.82. The van der Waals surface area contributed by atoms with Gasteiger partial charge in [-0.1, -0.05) is 19.8 Å². The summed E-state index contributed by atoms with van der Waals surface area (Å²) in [6.45, 7) is 4.84. The molecule has 13 heavy (non-hydrogen) atoms. The summed E-state index contributed by atoms with van der Waals surface area (Å²) >= 11 is 0. The third-order valence-corrected chi connectivity index (χ3v) is 2.60. The molecule has 1 aliphatic rings. The fourth-order valence-corrected chi connectivity index (χ4v) is 1.48. The molecule has 1 fully saturated rings. The van der Waals surface area contributed by atoms with Gasteiger partial charge >= 0.3 is 0 Å². The van der Waals surface area contributed by atoms with E-state index in [2.05, 4.69) is 12.2 Å². The zero-order valence-electron chi connectivity index (χ0n) is 8.68. The SMILES string of the molecule is CCCCCN(C)C(=O)C1CNC1. The maximum absolute atomic E-state index is 11.6. The Kier molecular flexibility index (Phi) is 4.22. The Morgan fingerprint density at radius 1 is 1.46 bits per heavy atom. The standard InChI is InChI=1S/C10H20N2O/c1-3-4-5-6-12(2)10(13)9-7-11-8-9/h9,11H,3-8H2,1-2H3. The van der Waals surface area contributed by atoms with Crippen LogP contribution in [0.1, 0.15) is 26.2 Å². The molecule has 0 atom stereocenters. The van der Waals surface area contributed by atoms with Crippen LogP contribution in [0.2, 0.25) is 0 Å². The first-order chi connectivity index (χ1) is 6.25. The summed E-state index contributed by atoms with van der Waals surface area (Å²) in [5.41, 5.74) is 0. The van der Waals surface area contributed by atoms with Crippen molar-refractivity contribution in [1.29, 1.82) is 0 Å². The largest absolute Gasteiger partial charge is 0.345 e. The first-order valence-corrected chi connectivity index (χ1v) is 5.21. The summed E-state index contributed by atoms with van der Waals surface area (Å²) in [6.07, 6.45) is 3.58. The number of nitrogens with zero attached hydrogens (tertiary/aromatic N) is 1. The third-order valence-electron chi connectivity index (χ3n) is 2.60. The molecule has 1 rings (SSSR count). The number of amides is 1. The lowest BCUT2D eigenvalue weighted by atomic mass is 10.0. The molecule has 0 unspecified atom stereocenters. The number of rotatable bonds is 5. The minimum Gasteiger partial charge on any atom is -0.345 e. The van der Waals surface area contributed by atoms with Crippen LogP contribution in [0.3, 0.4) is 0 Å². The molecule has 0 bridgehead atoms. The highest BCUT2D eigenvalue weighted by Gasteiger charge is 2.26. The zero-order valence-corrected chi connectivity index (χ0v) is 8.68. The van der Waals surface area contributed by atoms with E-state index >= 15 is 0 Å². The second kappa shape index (κ2) is 5.22. The maximum Gasteiger partial charge on any atom is 0.227 e. The fraction of sp³-hybridized carbons (Fsp3) is 0.900. The summed E-state index contributed by atoms with van der Waals surface area (Å²) in [5.74, 6) is 0.571. The molecule has 0 aromatic heterocycles. The van der Waals surface area contributed by atoms with Crippen molar-refractivity contribution >= 4 is 5.91 Å². The second-order valence-corrected chi connectivity index (χ2v) is 3.82. The zero-order chi connectivity index (χ0) is 9.68. The average molecular weight is 184 g/mol. The molecule has 1 heterocycles.